The van der Waals surface area contributed by atoms with Crippen LogP contribution < -0.4 is 0 Å². The van der Waals surface area contributed by atoms with Gasteiger partial charge in [-0.3, -0.25) is 19.2 Å². The molecular formula is C28H32O8. The summed E-state index contributed by atoms with van der Waals surface area (Å²) in [5, 5.41) is 0. The van der Waals surface area contributed by atoms with E-state index in [0.717, 1.165) is 0 Å². The Labute approximate surface area is 211 Å². The van der Waals surface area contributed by atoms with Gasteiger partial charge in [0.25, 0.3) is 0 Å². The molecule has 0 aromatic rings. The standard InChI is InChI=1S/C28H32O8/c29-25-21-13-5-6-14-22(21)27(31)35-19-11-3-4-12-20-36-28(32)24-16-8-7-15-23(24)26(30)34-18-10-2-1-9-17-33-25/h5-8,21-24H,9-20H2/t21-,22+,23-,24+. The Hall–Kier alpha value is -3.52. The van der Waals surface area contributed by atoms with Crippen LogP contribution in [0.5, 0.6) is 0 Å². The van der Waals surface area contributed by atoms with E-state index in [1.165, 1.54) is 0 Å². The van der Waals surface area contributed by atoms with Crippen molar-refractivity contribution in [2.45, 2.75) is 51.4 Å². The number of esters is 4. The van der Waals surface area contributed by atoms with Crippen molar-refractivity contribution in [2.24, 2.45) is 23.7 Å². The van der Waals surface area contributed by atoms with Crippen molar-refractivity contribution in [3.8, 4) is 23.7 Å². The Morgan fingerprint density at radius 2 is 0.667 bits per heavy atom. The number of fused-ring (bicyclic) bond motifs is 2. The van der Waals surface area contributed by atoms with Crippen molar-refractivity contribution in [1.29, 1.82) is 0 Å². The summed E-state index contributed by atoms with van der Waals surface area (Å²) in [6.45, 7) is 0.450. The smallest absolute Gasteiger partial charge is 0.310 e. The number of hydrogen-bond acceptors (Lipinski definition) is 8. The first-order valence-electron chi connectivity index (χ1n) is 12.5. The van der Waals surface area contributed by atoms with E-state index in [9.17, 15) is 19.2 Å². The van der Waals surface area contributed by atoms with Gasteiger partial charge in [0.05, 0.1) is 23.7 Å². The normalized spacial score (nSPS) is 28.7. The molecule has 1 aliphatic heterocycles. The highest BCUT2D eigenvalue weighted by atomic mass is 16.5. The molecule has 192 valence electrons. The van der Waals surface area contributed by atoms with Crippen LogP contribution in [0.25, 0.3) is 0 Å². The summed E-state index contributed by atoms with van der Waals surface area (Å²) in [6.07, 6.45) is 10.5. The Kier molecular flexibility index (Phi) is 11.1. The first kappa shape index (κ1) is 27.1. The fourth-order valence-corrected chi connectivity index (χ4v) is 4.26. The van der Waals surface area contributed by atoms with Gasteiger partial charge in [-0.05, 0) is 25.7 Å². The molecule has 36 heavy (non-hydrogen) atoms. The SMILES string of the molecule is O=C1OCCC#CCCOC(=O)[C@H]2CC=CC[C@H]2C(=O)OCCC#CCCOC(=O)[C@@H]2CC=CC[C@H]12. The topological polar surface area (TPSA) is 105 Å². The predicted octanol–water partition coefficient (Wildman–Crippen LogP) is 2.90. The maximum Gasteiger partial charge on any atom is 0.310 e. The van der Waals surface area contributed by atoms with Crippen LogP contribution in [0.2, 0.25) is 0 Å². The van der Waals surface area contributed by atoms with E-state index in [-0.39, 0.29) is 26.4 Å². The number of ether oxygens (including phenoxy) is 4. The summed E-state index contributed by atoms with van der Waals surface area (Å²) in [6, 6.07) is 0. The third-order valence-electron chi connectivity index (χ3n) is 6.21. The van der Waals surface area contributed by atoms with Crippen LogP contribution in [0.1, 0.15) is 51.4 Å². The lowest BCUT2D eigenvalue weighted by Crippen LogP contribution is -2.34. The molecule has 0 fully saturated rings. The summed E-state index contributed by atoms with van der Waals surface area (Å²) in [7, 11) is 0. The summed E-state index contributed by atoms with van der Waals surface area (Å²) < 4.78 is 21.4. The summed E-state index contributed by atoms with van der Waals surface area (Å²) in [4.78, 5) is 50.2. The average Bonchev–Trinajstić information content (AvgIpc) is 2.90. The van der Waals surface area contributed by atoms with Crippen molar-refractivity contribution < 1.29 is 38.1 Å². The molecule has 3 rings (SSSR count). The lowest BCUT2D eigenvalue weighted by atomic mass is 9.83. The molecule has 0 unspecified atom stereocenters. The molecular weight excluding hydrogens is 464 g/mol. The van der Waals surface area contributed by atoms with Gasteiger partial charge in [-0.15, -0.1) is 0 Å². The number of cyclic esters (lactones) is 4. The van der Waals surface area contributed by atoms with Gasteiger partial charge in [-0.25, -0.2) is 0 Å². The molecule has 8 heteroatoms. The van der Waals surface area contributed by atoms with Gasteiger partial charge >= 0.3 is 23.9 Å². The molecule has 2 aliphatic carbocycles. The van der Waals surface area contributed by atoms with Crippen LogP contribution in [-0.2, 0) is 38.1 Å². The molecule has 4 atom stereocenters. The van der Waals surface area contributed by atoms with Gasteiger partial charge < -0.3 is 18.9 Å². The third-order valence-corrected chi connectivity index (χ3v) is 6.21. The Morgan fingerprint density at radius 3 is 0.889 bits per heavy atom. The monoisotopic (exact) mass is 496 g/mol. The zero-order chi connectivity index (χ0) is 25.6. The van der Waals surface area contributed by atoms with E-state index in [1.54, 1.807) is 0 Å². The molecule has 0 saturated carbocycles. The van der Waals surface area contributed by atoms with Crippen LogP contribution >= 0.6 is 0 Å². The van der Waals surface area contributed by atoms with E-state index >= 15 is 0 Å². The second-order valence-corrected chi connectivity index (χ2v) is 8.69. The number of hydrogen-bond donors (Lipinski definition) is 0. The van der Waals surface area contributed by atoms with Crippen molar-refractivity contribution in [2.75, 3.05) is 26.4 Å². The van der Waals surface area contributed by atoms with Gasteiger partial charge in [-0.1, -0.05) is 48.0 Å². The van der Waals surface area contributed by atoms with Crippen LogP contribution in [0.4, 0.5) is 0 Å². The summed E-state index contributed by atoms with van der Waals surface area (Å²) >= 11 is 0. The van der Waals surface area contributed by atoms with Gasteiger partial charge in [0, 0.05) is 25.7 Å². The van der Waals surface area contributed by atoms with E-state index in [2.05, 4.69) is 23.7 Å². The van der Waals surface area contributed by atoms with Crippen LogP contribution in [0.15, 0.2) is 24.3 Å². The Balaban J connectivity index is 1.60. The molecule has 8 nitrogen and oxygen atoms in total. The molecule has 1 heterocycles. The lowest BCUT2D eigenvalue weighted by Gasteiger charge is -2.25. The predicted molar refractivity (Wildman–Crippen MR) is 129 cm³/mol. The minimum atomic E-state index is -0.584. The van der Waals surface area contributed by atoms with Gasteiger partial charge in [0.15, 0.2) is 0 Å². The Morgan fingerprint density at radius 1 is 0.444 bits per heavy atom. The molecule has 0 saturated heterocycles. The van der Waals surface area contributed by atoms with Crippen LogP contribution in [0, 0.1) is 47.4 Å². The molecule has 0 aromatic heterocycles. The highest BCUT2D eigenvalue weighted by Gasteiger charge is 2.37. The van der Waals surface area contributed by atoms with E-state index in [0.29, 0.717) is 51.4 Å². The highest BCUT2D eigenvalue weighted by molar-refractivity contribution is 5.83. The second kappa shape index (κ2) is 14.8. The first-order chi connectivity index (χ1) is 17.6. The minimum absolute atomic E-state index is 0.112. The molecule has 0 spiro atoms. The van der Waals surface area contributed by atoms with Crippen molar-refractivity contribution in [3.05, 3.63) is 24.3 Å². The number of carbonyl (C=O) groups is 4. The molecule has 0 N–H and O–H groups in total. The quantitative estimate of drug-likeness (QED) is 0.218. The fraction of sp³-hybridized carbons (Fsp3) is 0.571. The molecule has 3 aliphatic rings. The van der Waals surface area contributed by atoms with E-state index in [4.69, 9.17) is 18.9 Å². The van der Waals surface area contributed by atoms with E-state index < -0.39 is 47.5 Å². The van der Waals surface area contributed by atoms with Gasteiger partial charge in [0.1, 0.15) is 26.4 Å². The first-order valence-corrected chi connectivity index (χ1v) is 12.5. The van der Waals surface area contributed by atoms with Crippen molar-refractivity contribution in [3.63, 3.8) is 0 Å². The maximum absolute atomic E-state index is 12.5. The number of rotatable bonds is 0. The fourth-order valence-electron chi connectivity index (χ4n) is 4.26. The minimum Gasteiger partial charge on any atom is -0.464 e. The average molecular weight is 497 g/mol. The molecule has 0 bridgehead atoms. The Bertz CT molecular complexity index is 834. The lowest BCUT2D eigenvalue weighted by molar-refractivity contribution is -0.160. The number of carbonyl (C=O) groups excluding carboxylic acids is 4. The zero-order valence-electron chi connectivity index (χ0n) is 20.4. The van der Waals surface area contributed by atoms with Crippen LogP contribution in [-0.4, -0.2) is 50.3 Å². The van der Waals surface area contributed by atoms with Crippen molar-refractivity contribution in [1.82, 2.24) is 0 Å². The van der Waals surface area contributed by atoms with Crippen LogP contribution in [0.3, 0.4) is 0 Å². The molecule has 0 amide bonds. The maximum atomic E-state index is 12.5. The van der Waals surface area contributed by atoms with Crippen molar-refractivity contribution >= 4 is 23.9 Å². The highest BCUT2D eigenvalue weighted by Crippen LogP contribution is 2.29. The summed E-state index contributed by atoms with van der Waals surface area (Å²) in [5.41, 5.74) is 0. The molecule has 0 radical (unpaired) electrons. The molecule has 0 aromatic carbocycles. The third kappa shape index (κ3) is 8.30. The largest absolute Gasteiger partial charge is 0.464 e. The van der Waals surface area contributed by atoms with Gasteiger partial charge in [0.2, 0.25) is 0 Å². The van der Waals surface area contributed by atoms with E-state index in [1.807, 2.05) is 24.3 Å². The number of allylic oxidation sites excluding steroid dienone is 4. The second-order valence-electron chi connectivity index (χ2n) is 8.69. The zero-order valence-corrected chi connectivity index (χ0v) is 20.4. The van der Waals surface area contributed by atoms with Gasteiger partial charge in [-0.2, -0.15) is 0 Å². The summed E-state index contributed by atoms with van der Waals surface area (Å²) in [5.74, 6) is 7.50.